The summed E-state index contributed by atoms with van der Waals surface area (Å²) < 4.78 is 9.47. The lowest BCUT2D eigenvalue weighted by Crippen LogP contribution is -2.32. The molecule has 0 rings (SSSR count). The Morgan fingerprint density at radius 3 is 2.44 bits per heavy atom. The first kappa shape index (κ1) is 14.7. The molecule has 16 heavy (non-hydrogen) atoms. The van der Waals surface area contributed by atoms with E-state index in [1.54, 1.807) is 20.8 Å². The largest absolute Gasteiger partial charge is 0.595 e. The van der Waals surface area contributed by atoms with E-state index in [-0.39, 0.29) is 5.97 Å². The highest BCUT2D eigenvalue weighted by Crippen LogP contribution is 2.06. The molecule has 0 spiro atoms. The molecule has 0 amide bonds. The first-order valence-electron chi connectivity index (χ1n) is 5.32. The molecule has 0 bridgehead atoms. The van der Waals surface area contributed by atoms with Crippen LogP contribution in [-0.4, -0.2) is 31.3 Å². The van der Waals surface area contributed by atoms with Gasteiger partial charge in [-0.15, -0.1) is 0 Å². The van der Waals surface area contributed by atoms with Gasteiger partial charge in [-0.3, -0.25) is 9.79 Å². The van der Waals surface area contributed by atoms with Crippen molar-refractivity contribution in [2.75, 3.05) is 13.7 Å². The lowest BCUT2D eigenvalue weighted by Gasteiger charge is -2.29. The summed E-state index contributed by atoms with van der Waals surface area (Å²) in [4.78, 5) is 14.5. The quantitative estimate of drug-likeness (QED) is 0.304. The van der Waals surface area contributed by atoms with Gasteiger partial charge in [-0.25, -0.2) is 0 Å². The van der Waals surface area contributed by atoms with Gasteiger partial charge < -0.3 is 14.6 Å². The molecule has 0 radical (unpaired) electrons. The van der Waals surface area contributed by atoms with Crippen molar-refractivity contribution in [3.63, 3.8) is 0 Å². The Hall–Kier alpha value is -1.26. The first-order chi connectivity index (χ1) is 7.35. The molecule has 94 valence electrons. The van der Waals surface area contributed by atoms with E-state index >= 15 is 0 Å². The second kappa shape index (κ2) is 7.09. The molecule has 0 aliphatic heterocycles. The molecule has 0 aromatic carbocycles. The van der Waals surface area contributed by atoms with Crippen molar-refractivity contribution in [3.8, 4) is 0 Å². The Morgan fingerprint density at radius 2 is 1.94 bits per heavy atom. The lowest BCUT2D eigenvalue weighted by molar-refractivity contribution is -0.260. The lowest BCUT2D eigenvalue weighted by atomic mass is 10.2. The Morgan fingerprint density at radius 1 is 1.31 bits per heavy atom. The van der Waals surface area contributed by atoms with Gasteiger partial charge in [-0.2, -0.15) is 0 Å². The van der Waals surface area contributed by atoms with Crippen LogP contribution in [0.4, 0.5) is 0 Å². The fourth-order valence-electron chi connectivity index (χ4n) is 0.948. The fourth-order valence-corrected chi connectivity index (χ4v) is 0.948. The summed E-state index contributed by atoms with van der Waals surface area (Å²) in [5.41, 5.74) is -0.507. The summed E-state index contributed by atoms with van der Waals surface area (Å²) in [5.74, 6) is -0.239. The van der Waals surface area contributed by atoms with Crippen molar-refractivity contribution < 1.29 is 19.4 Å². The maximum atomic E-state index is 11.1. The van der Waals surface area contributed by atoms with Gasteiger partial charge in [-0.1, -0.05) is 20.8 Å². The van der Waals surface area contributed by atoms with Gasteiger partial charge in [0.05, 0.1) is 7.11 Å². The second-order valence-corrected chi connectivity index (χ2v) is 4.40. The number of unbranched alkanes of at least 4 members (excludes halogenated alkanes) is 1. The second-order valence-electron chi connectivity index (χ2n) is 4.40. The van der Waals surface area contributed by atoms with Gasteiger partial charge in [-0.05, 0) is 12.8 Å². The Bertz CT molecular complexity index is 243. The van der Waals surface area contributed by atoms with Crippen molar-refractivity contribution in [1.82, 2.24) is 0 Å². The van der Waals surface area contributed by atoms with Gasteiger partial charge in [0.15, 0.2) is 0 Å². The maximum absolute atomic E-state index is 11.1. The van der Waals surface area contributed by atoms with Crippen LogP contribution in [0.25, 0.3) is 0 Å². The zero-order valence-electron chi connectivity index (χ0n) is 10.4. The van der Waals surface area contributed by atoms with E-state index in [1.807, 2.05) is 0 Å². The molecule has 0 saturated heterocycles. The van der Waals surface area contributed by atoms with E-state index in [1.165, 1.54) is 7.11 Å². The molecule has 0 aliphatic carbocycles. The third-order valence-electron chi connectivity index (χ3n) is 1.65. The molecule has 0 unspecified atom stereocenters. The van der Waals surface area contributed by atoms with Crippen molar-refractivity contribution in [2.24, 2.45) is 4.99 Å². The van der Waals surface area contributed by atoms with E-state index in [0.29, 0.717) is 25.8 Å². The average Bonchev–Trinajstić information content (AvgIpc) is 2.14. The minimum absolute atomic E-state index is 0.239. The molecule has 5 nitrogen and oxygen atoms in total. The van der Waals surface area contributed by atoms with Gasteiger partial charge >= 0.3 is 5.97 Å². The first-order valence-corrected chi connectivity index (χ1v) is 5.32. The summed E-state index contributed by atoms with van der Waals surface area (Å²) in [6.45, 7) is 5.75. The third kappa shape index (κ3) is 9.30. The molecule has 0 fully saturated rings. The number of hydrogen-bond acceptors (Lipinski definition) is 5. The van der Waals surface area contributed by atoms with Crippen LogP contribution in [0.2, 0.25) is 0 Å². The standard InChI is InChI=1S/C11H21NO4/c1-11(2,3)16-10(14)12-8-6-5-7-9(13)15-4/h5-8H2,1-4H3,(H,12,14)/p-1. The van der Waals surface area contributed by atoms with Crippen molar-refractivity contribution in [2.45, 2.75) is 45.6 Å². The highest BCUT2D eigenvalue weighted by Gasteiger charge is 2.04. The van der Waals surface area contributed by atoms with Gasteiger partial charge in [0, 0.05) is 18.6 Å². The number of nitrogens with zero attached hydrogens (tertiary/aromatic N) is 1. The molecule has 0 atom stereocenters. The van der Waals surface area contributed by atoms with Crippen LogP contribution in [0.15, 0.2) is 4.99 Å². The van der Waals surface area contributed by atoms with Crippen LogP contribution in [0.5, 0.6) is 0 Å². The fraction of sp³-hybridized carbons (Fsp3) is 0.818. The van der Waals surface area contributed by atoms with Crippen LogP contribution < -0.4 is 5.11 Å². The SMILES string of the molecule is COC(=O)CCCCN=C([O-])OC(C)(C)C. The van der Waals surface area contributed by atoms with Crippen LogP contribution in [-0.2, 0) is 14.3 Å². The van der Waals surface area contributed by atoms with Gasteiger partial charge in [0.25, 0.3) is 0 Å². The molecule has 0 aromatic rings. The molecule has 0 N–H and O–H groups in total. The summed E-state index contributed by atoms with van der Waals surface area (Å²) in [7, 11) is 1.35. The minimum Gasteiger partial charge on any atom is -0.595 e. The highest BCUT2D eigenvalue weighted by atomic mass is 16.6. The Labute approximate surface area is 96.5 Å². The number of ether oxygens (including phenoxy) is 2. The predicted molar refractivity (Wildman–Crippen MR) is 59.0 cm³/mol. The molecule has 0 aromatic heterocycles. The van der Waals surface area contributed by atoms with Gasteiger partial charge in [0.2, 0.25) is 0 Å². The van der Waals surface area contributed by atoms with Crippen LogP contribution in [0.1, 0.15) is 40.0 Å². The average molecular weight is 230 g/mol. The number of carbonyl (C=O) groups is 1. The number of carbonyl (C=O) groups excluding carboxylic acids is 1. The van der Waals surface area contributed by atoms with E-state index < -0.39 is 11.7 Å². The summed E-state index contributed by atoms with van der Waals surface area (Å²) in [6, 6.07) is 0. The van der Waals surface area contributed by atoms with E-state index in [4.69, 9.17) is 4.74 Å². The molecule has 0 aliphatic rings. The third-order valence-corrected chi connectivity index (χ3v) is 1.65. The normalized spacial score (nSPS) is 12.4. The summed E-state index contributed by atoms with van der Waals surface area (Å²) in [5, 5.41) is 11.1. The van der Waals surface area contributed by atoms with E-state index in [2.05, 4.69) is 9.73 Å². The van der Waals surface area contributed by atoms with Crippen LogP contribution >= 0.6 is 0 Å². The van der Waals surface area contributed by atoms with Crippen LogP contribution in [0.3, 0.4) is 0 Å². The molecule has 0 heterocycles. The Balaban J connectivity index is 3.64. The number of aliphatic imine (C=N–C) groups is 1. The zero-order chi connectivity index (χ0) is 12.6. The highest BCUT2D eigenvalue weighted by molar-refractivity contribution is 5.69. The smallest absolute Gasteiger partial charge is 0.305 e. The van der Waals surface area contributed by atoms with E-state index in [9.17, 15) is 9.90 Å². The molecular weight excluding hydrogens is 210 g/mol. The van der Waals surface area contributed by atoms with Crippen molar-refractivity contribution >= 4 is 12.1 Å². The van der Waals surface area contributed by atoms with E-state index in [0.717, 1.165) is 0 Å². The molecule has 5 heteroatoms. The number of hydrogen-bond donors (Lipinski definition) is 0. The zero-order valence-corrected chi connectivity index (χ0v) is 10.4. The molecular formula is C11H20NO4-. The molecule has 0 saturated carbocycles. The maximum Gasteiger partial charge on any atom is 0.305 e. The number of rotatable bonds is 5. The number of esters is 1. The number of methoxy groups -OCH3 is 1. The van der Waals surface area contributed by atoms with Gasteiger partial charge in [0.1, 0.15) is 6.08 Å². The Kier molecular flexibility index (Phi) is 6.53. The summed E-state index contributed by atoms with van der Waals surface area (Å²) >= 11 is 0. The summed E-state index contributed by atoms with van der Waals surface area (Å²) in [6.07, 6.45) is 1.15. The minimum atomic E-state index is -0.550. The monoisotopic (exact) mass is 230 g/mol. The topological polar surface area (TPSA) is 71.0 Å². The van der Waals surface area contributed by atoms with Crippen molar-refractivity contribution in [3.05, 3.63) is 0 Å². The predicted octanol–water partition coefficient (Wildman–Crippen LogP) is 0.861. The van der Waals surface area contributed by atoms with Crippen molar-refractivity contribution in [1.29, 1.82) is 0 Å². The van der Waals surface area contributed by atoms with Crippen LogP contribution in [0, 0.1) is 0 Å².